The minimum Gasteiger partial charge on any atom is -0.396 e. The summed E-state index contributed by atoms with van der Waals surface area (Å²) in [6.45, 7) is 5.10. The number of sulfonamides is 1. The molecule has 1 aliphatic rings. The third-order valence-electron chi connectivity index (χ3n) is 3.01. The largest absolute Gasteiger partial charge is 0.396 e. The quantitative estimate of drug-likeness (QED) is 0.762. The summed E-state index contributed by atoms with van der Waals surface area (Å²) in [4.78, 5) is 0. The highest BCUT2D eigenvalue weighted by atomic mass is 32.2. The van der Waals surface area contributed by atoms with Gasteiger partial charge in [0.05, 0.1) is 4.75 Å². The van der Waals surface area contributed by atoms with Gasteiger partial charge >= 0.3 is 0 Å². The second kappa shape index (κ2) is 4.39. The Morgan fingerprint density at radius 1 is 1.33 bits per heavy atom. The Morgan fingerprint density at radius 3 is 2.40 bits per heavy atom. The molecule has 0 aromatic carbocycles. The van der Waals surface area contributed by atoms with Crippen LogP contribution in [-0.4, -0.2) is 30.9 Å². The van der Waals surface area contributed by atoms with Gasteiger partial charge in [0.1, 0.15) is 0 Å². The van der Waals surface area contributed by atoms with Crippen molar-refractivity contribution in [2.45, 2.75) is 50.8 Å². The van der Waals surface area contributed by atoms with Crippen molar-refractivity contribution in [3.8, 4) is 0 Å². The molecule has 2 unspecified atom stereocenters. The molecule has 0 heterocycles. The van der Waals surface area contributed by atoms with Crippen LogP contribution in [0.15, 0.2) is 0 Å². The van der Waals surface area contributed by atoms with E-state index in [4.69, 9.17) is 5.11 Å². The van der Waals surface area contributed by atoms with E-state index in [1.807, 2.05) is 0 Å². The molecule has 0 saturated heterocycles. The minimum absolute atomic E-state index is 0.0668. The van der Waals surface area contributed by atoms with Crippen LogP contribution in [0.2, 0.25) is 0 Å². The van der Waals surface area contributed by atoms with E-state index in [1.54, 1.807) is 20.8 Å². The SMILES string of the molecule is CC(C)(C)S(=O)(=O)NC1CCCC1CO. The maximum atomic E-state index is 11.9. The first-order valence-electron chi connectivity index (χ1n) is 5.40. The summed E-state index contributed by atoms with van der Waals surface area (Å²) < 4.78 is 25.7. The van der Waals surface area contributed by atoms with Gasteiger partial charge in [-0.1, -0.05) is 6.42 Å². The van der Waals surface area contributed by atoms with Gasteiger partial charge in [0.15, 0.2) is 0 Å². The van der Waals surface area contributed by atoms with Gasteiger partial charge in [0.2, 0.25) is 10.0 Å². The topological polar surface area (TPSA) is 66.4 Å². The van der Waals surface area contributed by atoms with Crippen LogP contribution >= 0.6 is 0 Å². The zero-order valence-corrected chi connectivity index (χ0v) is 10.5. The summed E-state index contributed by atoms with van der Waals surface area (Å²) in [5.74, 6) is 0.0853. The minimum atomic E-state index is -3.29. The Hall–Kier alpha value is -0.130. The number of aliphatic hydroxyl groups is 1. The lowest BCUT2D eigenvalue weighted by molar-refractivity contribution is 0.213. The van der Waals surface area contributed by atoms with Crippen molar-refractivity contribution in [1.29, 1.82) is 0 Å². The van der Waals surface area contributed by atoms with Gasteiger partial charge in [-0.25, -0.2) is 13.1 Å². The second-order valence-electron chi connectivity index (χ2n) is 5.21. The van der Waals surface area contributed by atoms with Gasteiger partial charge in [-0.3, -0.25) is 0 Å². The fourth-order valence-electron chi connectivity index (χ4n) is 1.79. The first-order chi connectivity index (χ1) is 6.78. The lowest BCUT2D eigenvalue weighted by Gasteiger charge is -2.25. The molecule has 0 aliphatic heterocycles. The molecule has 1 aliphatic carbocycles. The van der Waals surface area contributed by atoms with E-state index < -0.39 is 14.8 Å². The average Bonchev–Trinajstić information content (AvgIpc) is 2.48. The summed E-state index contributed by atoms with van der Waals surface area (Å²) in [5, 5.41) is 9.10. The van der Waals surface area contributed by atoms with Gasteiger partial charge in [-0.2, -0.15) is 0 Å². The van der Waals surface area contributed by atoms with Crippen LogP contribution in [0, 0.1) is 5.92 Å². The van der Waals surface area contributed by atoms with Crippen LogP contribution in [-0.2, 0) is 10.0 Å². The first-order valence-corrected chi connectivity index (χ1v) is 6.89. The highest BCUT2D eigenvalue weighted by Crippen LogP contribution is 2.27. The van der Waals surface area contributed by atoms with Crippen LogP contribution in [0.4, 0.5) is 0 Å². The summed E-state index contributed by atoms with van der Waals surface area (Å²) >= 11 is 0. The van der Waals surface area contributed by atoms with E-state index in [-0.39, 0.29) is 18.6 Å². The van der Waals surface area contributed by atoms with E-state index >= 15 is 0 Å². The molecule has 1 rings (SSSR count). The van der Waals surface area contributed by atoms with Crippen molar-refractivity contribution in [1.82, 2.24) is 4.72 Å². The second-order valence-corrected chi connectivity index (χ2v) is 7.68. The molecule has 0 bridgehead atoms. The standard InChI is InChI=1S/C10H21NO3S/c1-10(2,3)15(13,14)11-9-6-4-5-8(9)7-12/h8-9,11-12H,4-7H2,1-3H3. The molecule has 0 radical (unpaired) electrons. The van der Waals surface area contributed by atoms with Crippen LogP contribution in [0.5, 0.6) is 0 Å². The third kappa shape index (κ3) is 2.92. The lowest BCUT2D eigenvalue weighted by Crippen LogP contribution is -2.46. The molecule has 15 heavy (non-hydrogen) atoms. The molecule has 90 valence electrons. The summed E-state index contributed by atoms with van der Waals surface area (Å²) in [6, 6.07) is -0.0841. The Kier molecular flexibility index (Phi) is 3.79. The highest BCUT2D eigenvalue weighted by Gasteiger charge is 2.35. The number of hydrogen-bond acceptors (Lipinski definition) is 3. The summed E-state index contributed by atoms with van der Waals surface area (Å²) in [5.41, 5.74) is 0. The van der Waals surface area contributed by atoms with Gasteiger partial charge in [0, 0.05) is 12.6 Å². The molecule has 0 aromatic rings. The van der Waals surface area contributed by atoms with Crippen LogP contribution in [0.1, 0.15) is 40.0 Å². The van der Waals surface area contributed by atoms with E-state index in [0.29, 0.717) is 0 Å². The maximum absolute atomic E-state index is 11.9. The molecule has 4 nitrogen and oxygen atoms in total. The Labute approximate surface area is 92.1 Å². The van der Waals surface area contributed by atoms with Crippen molar-refractivity contribution in [2.24, 2.45) is 5.92 Å². The molecule has 0 aromatic heterocycles. The zero-order valence-electron chi connectivity index (χ0n) is 9.66. The monoisotopic (exact) mass is 235 g/mol. The average molecular weight is 235 g/mol. The van der Waals surface area contributed by atoms with Crippen LogP contribution in [0.3, 0.4) is 0 Å². The van der Waals surface area contributed by atoms with Crippen molar-refractivity contribution >= 4 is 10.0 Å². The molecule has 2 N–H and O–H groups in total. The zero-order chi connectivity index (χ0) is 11.7. The number of hydrogen-bond donors (Lipinski definition) is 2. The Balaban J connectivity index is 2.70. The van der Waals surface area contributed by atoms with Gasteiger partial charge in [0.25, 0.3) is 0 Å². The van der Waals surface area contributed by atoms with Gasteiger partial charge < -0.3 is 5.11 Å². The Bertz CT molecular complexity index is 305. The van der Waals surface area contributed by atoms with Crippen molar-refractivity contribution < 1.29 is 13.5 Å². The number of aliphatic hydroxyl groups excluding tert-OH is 1. The molecule has 5 heteroatoms. The molecular weight excluding hydrogens is 214 g/mol. The van der Waals surface area contributed by atoms with Crippen molar-refractivity contribution in [2.75, 3.05) is 6.61 Å². The highest BCUT2D eigenvalue weighted by molar-refractivity contribution is 7.90. The molecule has 1 saturated carbocycles. The molecule has 2 atom stereocenters. The van der Waals surface area contributed by atoms with E-state index in [9.17, 15) is 8.42 Å². The Morgan fingerprint density at radius 2 is 1.93 bits per heavy atom. The van der Waals surface area contributed by atoms with E-state index in [0.717, 1.165) is 19.3 Å². The predicted molar refractivity (Wildman–Crippen MR) is 60.0 cm³/mol. The van der Waals surface area contributed by atoms with Crippen LogP contribution < -0.4 is 4.72 Å². The summed E-state index contributed by atoms with van der Waals surface area (Å²) in [6.07, 6.45) is 2.73. The molecule has 0 spiro atoms. The predicted octanol–water partition coefficient (Wildman–Crippen LogP) is 0.865. The maximum Gasteiger partial charge on any atom is 0.216 e. The number of nitrogens with one attached hydrogen (secondary N) is 1. The smallest absolute Gasteiger partial charge is 0.216 e. The van der Waals surface area contributed by atoms with Gasteiger partial charge in [-0.15, -0.1) is 0 Å². The van der Waals surface area contributed by atoms with Crippen molar-refractivity contribution in [3.05, 3.63) is 0 Å². The van der Waals surface area contributed by atoms with Crippen LogP contribution in [0.25, 0.3) is 0 Å². The van der Waals surface area contributed by atoms with Gasteiger partial charge in [-0.05, 0) is 39.5 Å². The normalized spacial score (nSPS) is 28.3. The third-order valence-corrected chi connectivity index (χ3v) is 5.23. The molecular formula is C10H21NO3S. The summed E-state index contributed by atoms with van der Waals surface area (Å²) in [7, 11) is -3.29. The fraction of sp³-hybridized carbons (Fsp3) is 1.00. The van der Waals surface area contributed by atoms with E-state index in [1.165, 1.54) is 0 Å². The molecule has 1 fully saturated rings. The lowest BCUT2D eigenvalue weighted by atomic mass is 10.1. The number of rotatable bonds is 3. The van der Waals surface area contributed by atoms with Crippen molar-refractivity contribution in [3.63, 3.8) is 0 Å². The van der Waals surface area contributed by atoms with E-state index in [2.05, 4.69) is 4.72 Å². The fourth-order valence-corrected chi connectivity index (χ4v) is 2.85. The molecule has 0 amide bonds. The first kappa shape index (κ1) is 12.9.